The fraction of sp³-hybridized carbons (Fsp3) is 0.200. The number of pyridine rings is 1. The summed E-state index contributed by atoms with van der Waals surface area (Å²) in [6.45, 7) is 1.59. The molecule has 0 spiro atoms. The number of carbonyl (C=O) groups excluding carboxylic acids is 2. The number of nitrogens with zero attached hydrogens (tertiary/aromatic N) is 3. The Balaban J connectivity index is 1.49. The Labute approximate surface area is 218 Å². The minimum absolute atomic E-state index is 0.269. The van der Waals surface area contributed by atoms with Crippen LogP contribution in [0.1, 0.15) is 38.3 Å². The zero-order chi connectivity index (χ0) is 26.8. The average Bonchev–Trinajstić information content (AvgIpc) is 2.89. The molecule has 6 rings (SSSR count). The van der Waals surface area contributed by atoms with Crippen molar-refractivity contribution >= 4 is 45.1 Å². The van der Waals surface area contributed by atoms with E-state index in [9.17, 15) is 19.5 Å². The summed E-state index contributed by atoms with van der Waals surface area (Å²) in [5.41, 5.74) is 1.61. The molecule has 8 nitrogen and oxygen atoms in total. The van der Waals surface area contributed by atoms with Crippen molar-refractivity contribution in [2.45, 2.75) is 6.42 Å². The molecule has 2 amide bonds. The van der Waals surface area contributed by atoms with Crippen LogP contribution in [0.2, 0.25) is 0 Å². The molecular weight excluding hydrogens is 480 g/mol. The molecule has 1 aromatic heterocycles. The third kappa shape index (κ3) is 3.60. The van der Waals surface area contributed by atoms with Gasteiger partial charge in [0.15, 0.2) is 0 Å². The van der Waals surface area contributed by atoms with Crippen molar-refractivity contribution < 1.29 is 24.2 Å². The molecule has 0 radical (unpaired) electrons. The van der Waals surface area contributed by atoms with Gasteiger partial charge in [0.05, 0.1) is 50.1 Å². The second-order valence-electron chi connectivity index (χ2n) is 10.8. The van der Waals surface area contributed by atoms with Crippen molar-refractivity contribution in [3.05, 3.63) is 93.3 Å². The molecule has 0 fully saturated rings. The van der Waals surface area contributed by atoms with Gasteiger partial charge in [-0.25, -0.2) is 9.59 Å². The summed E-state index contributed by atoms with van der Waals surface area (Å²) in [6, 6.07) is 15.6. The molecule has 2 aliphatic rings. The van der Waals surface area contributed by atoms with Crippen molar-refractivity contribution in [3.8, 4) is 5.88 Å². The number of hydrogen-bond acceptors (Lipinski definition) is 5. The molecular formula is C30H27N4O4+. The predicted octanol–water partition coefficient (Wildman–Crippen LogP) is 1.78. The zero-order valence-electron chi connectivity index (χ0n) is 21.4. The van der Waals surface area contributed by atoms with Crippen LogP contribution in [0.5, 0.6) is 5.88 Å². The summed E-state index contributed by atoms with van der Waals surface area (Å²) in [5, 5.41) is 15.4. The van der Waals surface area contributed by atoms with E-state index in [-0.39, 0.29) is 10.9 Å². The van der Waals surface area contributed by atoms with Gasteiger partial charge in [-0.3, -0.25) is 9.79 Å². The second kappa shape index (κ2) is 8.58. The maximum Gasteiger partial charge on any atom is 0.377 e. The van der Waals surface area contributed by atoms with Crippen LogP contribution < -0.4 is 15.7 Å². The van der Waals surface area contributed by atoms with Crippen molar-refractivity contribution in [1.82, 2.24) is 4.68 Å². The molecule has 0 saturated carbocycles. The minimum atomic E-state index is -0.682. The number of rotatable bonds is 5. The number of quaternary nitrogens is 2. The van der Waals surface area contributed by atoms with E-state index in [4.69, 9.17) is 4.99 Å². The zero-order valence-corrected chi connectivity index (χ0v) is 21.4. The minimum Gasteiger partial charge on any atom is -0.856 e. The number of imide groups is 1. The number of benzene rings is 3. The normalized spacial score (nSPS) is 16.2. The van der Waals surface area contributed by atoms with E-state index in [1.165, 1.54) is 0 Å². The van der Waals surface area contributed by atoms with E-state index < -0.39 is 28.3 Å². The van der Waals surface area contributed by atoms with Gasteiger partial charge in [0.25, 0.3) is 0 Å². The van der Waals surface area contributed by atoms with Crippen LogP contribution in [-0.4, -0.2) is 60.9 Å². The highest BCUT2D eigenvalue weighted by Gasteiger charge is 2.41. The highest BCUT2D eigenvalue weighted by Crippen LogP contribution is 2.31. The first kappa shape index (κ1) is 24.0. The molecule has 190 valence electrons. The van der Waals surface area contributed by atoms with Crippen LogP contribution >= 0.6 is 0 Å². The smallest absolute Gasteiger partial charge is 0.377 e. The number of nitrogens with one attached hydrogen (secondary N) is 1. The Morgan fingerprint density at radius 2 is 1.47 bits per heavy atom. The van der Waals surface area contributed by atoms with Crippen LogP contribution in [0.3, 0.4) is 0 Å². The molecule has 1 aliphatic carbocycles. The lowest BCUT2D eigenvalue weighted by atomic mass is 9.92. The van der Waals surface area contributed by atoms with Gasteiger partial charge in [-0.2, -0.15) is 4.68 Å². The summed E-state index contributed by atoms with van der Waals surface area (Å²) < 4.78 is 1.61. The summed E-state index contributed by atoms with van der Waals surface area (Å²) in [6.07, 6.45) is 4.30. The number of hydrogen-bond donors (Lipinski definition) is 1. The van der Waals surface area contributed by atoms with Gasteiger partial charge >= 0.3 is 17.4 Å². The molecule has 8 heteroatoms. The third-order valence-corrected chi connectivity index (χ3v) is 7.20. The van der Waals surface area contributed by atoms with Gasteiger partial charge in [-0.05, 0) is 35.1 Å². The van der Waals surface area contributed by atoms with Gasteiger partial charge in [-0.1, -0.05) is 47.5 Å². The number of carbonyl (C=O) groups is 2. The quantitative estimate of drug-likeness (QED) is 0.253. The molecule has 3 aromatic carbocycles. The van der Waals surface area contributed by atoms with Gasteiger partial charge < -0.3 is 9.59 Å². The lowest BCUT2D eigenvalue weighted by Crippen LogP contribution is -3.21. The second-order valence-corrected chi connectivity index (χ2v) is 10.8. The molecule has 1 aliphatic heterocycles. The average molecular weight is 508 g/mol. The van der Waals surface area contributed by atoms with Gasteiger partial charge in [0.2, 0.25) is 0 Å². The maximum atomic E-state index is 13.8. The Kier molecular flexibility index (Phi) is 5.41. The van der Waals surface area contributed by atoms with E-state index in [1.807, 2.05) is 18.2 Å². The first-order valence-electron chi connectivity index (χ1n) is 12.6. The Morgan fingerprint density at radius 3 is 2.13 bits per heavy atom. The fourth-order valence-electron chi connectivity index (χ4n) is 5.45. The maximum absolute atomic E-state index is 13.8. The lowest BCUT2D eigenvalue weighted by molar-refractivity contribution is -0.870. The first-order valence-corrected chi connectivity index (χ1v) is 12.6. The van der Waals surface area contributed by atoms with Crippen molar-refractivity contribution in [2.24, 2.45) is 4.99 Å². The van der Waals surface area contributed by atoms with Gasteiger partial charge in [0, 0.05) is 35.2 Å². The van der Waals surface area contributed by atoms with Gasteiger partial charge in [0.1, 0.15) is 0 Å². The Morgan fingerprint density at radius 1 is 0.842 bits per heavy atom. The van der Waals surface area contributed by atoms with E-state index in [0.29, 0.717) is 39.7 Å². The largest absolute Gasteiger partial charge is 0.856 e. The number of amides is 2. The van der Waals surface area contributed by atoms with Crippen LogP contribution in [0.25, 0.3) is 27.6 Å². The highest BCUT2D eigenvalue weighted by atomic mass is 16.3. The summed E-state index contributed by atoms with van der Waals surface area (Å²) >= 11 is 0. The topological polar surface area (TPSA) is 96.0 Å². The van der Waals surface area contributed by atoms with Crippen LogP contribution in [0, 0.1) is 0 Å². The molecule has 0 unspecified atom stereocenters. The molecule has 1 N–H and O–H groups in total. The predicted molar refractivity (Wildman–Crippen MR) is 145 cm³/mol. The fourth-order valence-corrected chi connectivity index (χ4v) is 5.45. The van der Waals surface area contributed by atoms with Crippen molar-refractivity contribution in [3.63, 3.8) is 0 Å². The monoisotopic (exact) mass is 507 g/mol. The Bertz CT molecular complexity index is 1760. The van der Waals surface area contributed by atoms with Gasteiger partial charge in [-0.15, -0.1) is 0 Å². The molecule has 0 atom stereocenters. The Hall–Kier alpha value is -4.40. The summed E-state index contributed by atoms with van der Waals surface area (Å²) in [4.78, 5) is 45.8. The summed E-state index contributed by atoms with van der Waals surface area (Å²) in [7, 11) is 6.39. The molecule has 38 heavy (non-hydrogen) atoms. The number of aromatic nitrogens is 1. The van der Waals surface area contributed by atoms with E-state index >= 15 is 0 Å². The van der Waals surface area contributed by atoms with Crippen LogP contribution in [-0.2, 0) is 0 Å². The van der Waals surface area contributed by atoms with Crippen molar-refractivity contribution in [1.29, 1.82) is 0 Å². The first-order chi connectivity index (χ1) is 18.2. The summed E-state index contributed by atoms with van der Waals surface area (Å²) in [5.74, 6) is -1.93. The van der Waals surface area contributed by atoms with E-state index in [1.54, 1.807) is 48.6 Å². The van der Waals surface area contributed by atoms with E-state index in [2.05, 4.69) is 21.1 Å². The number of allylic oxidation sites excluding steroid dienone is 1. The van der Waals surface area contributed by atoms with Crippen molar-refractivity contribution in [2.75, 3.05) is 34.2 Å². The van der Waals surface area contributed by atoms with Crippen LogP contribution in [0.4, 0.5) is 0 Å². The number of aliphatic imine (C=N–C) groups is 1. The molecule has 4 aromatic rings. The van der Waals surface area contributed by atoms with Crippen LogP contribution in [0.15, 0.2) is 70.5 Å². The molecule has 0 bridgehead atoms. The standard InChI is InChI=1S/C30H26N4O4/c1-34(2,3)17-7-16-31-24-15-14-23-26-19(24)10-6-13-22(26)29(37)33(30(23)38)32-27(35)20-11-4-8-18-9-5-12-21(25(18)20)28(32)36/h4-6,8-15H,7,16-17H2,1-3H3/p+1. The molecule has 2 heterocycles. The lowest BCUT2D eigenvalue weighted by Gasteiger charge is -2.28. The third-order valence-electron chi connectivity index (χ3n) is 7.20. The SMILES string of the molecule is C[N+](C)(C)CCCN=C1C=Cc2c(=O)n([NH+]3C(=O)c4cccc5cccc(c45)C3=O)c([O-])c3cccc1c23. The van der Waals surface area contributed by atoms with E-state index in [0.717, 1.165) is 27.5 Å². The molecule has 0 saturated heterocycles. The highest BCUT2D eigenvalue weighted by molar-refractivity contribution is 6.23.